The van der Waals surface area contributed by atoms with E-state index in [1.165, 1.54) is 14.2 Å². The summed E-state index contributed by atoms with van der Waals surface area (Å²) in [6, 6.07) is 8.90. The lowest BCUT2D eigenvalue weighted by Gasteiger charge is -2.45. The van der Waals surface area contributed by atoms with Crippen LogP contribution in [0.25, 0.3) is 5.57 Å². The van der Waals surface area contributed by atoms with Gasteiger partial charge in [0.05, 0.1) is 33.0 Å². The Morgan fingerprint density at radius 1 is 1.16 bits per heavy atom. The third-order valence-electron chi connectivity index (χ3n) is 7.83. The van der Waals surface area contributed by atoms with Gasteiger partial charge in [0.25, 0.3) is 0 Å². The molecule has 2 heterocycles. The molecule has 0 saturated carbocycles. The van der Waals surface area contributed by atoms with Crippen LogP contribution in [0.15, 0.2) is 48.6 Å². The first-order valence-corrected chi connectivity index (χ1v) is 14.8. The Balaban J connectivity index is 1.57. The minimum absolute atomic E-state index is 0.000765. The third kappa shape index (κ3) is 7.84. The van der Waals surface area contributed by atoms with Crippen molar-refractivity contribution < 1.29 is 33.6 Å². The van der Waals surface area contributed by atoms with E-state index in [1.54, 1.807) is 0 Å². The Morgan fingerprint density at radius 3 is 2.47 bits per heavy atom. The zero-order valence-electron chi connectivity index (χ0n) is 25.0. The Hall–Kier alpha value is -3.22. The second-order valence-corrected chi connectivity index (χ2v) is 11.4. The van der Waals surface area contributed by atoms with Gasteiger partial charge in [-0.15, -0.1) is 11.6 Å². The van der Waals surface area contributed by atoms with E-state index in [1.807, 2.05) is 55.5 Å². The molecule has 2 aliphatic rings. The number of aromatic nitrogens is 2. The highest BCUT2D eigenvalue weighted by Gasteiger charge is 2.51. The summed E-state index contributed by atoms with van der Waals surface area (Å²) in [7, 11) is 2.92. The van der Waals surface area contributed by atoms with Gasteiger partial charge in [-0.25, -0.2) is 0 Å². The Labute approximate surface area is 257 Å². The van der Waals surface area contributed by atoms with Crippen LogP contribution in [-0.4, -0.2) is 103 Å². The molecule has 0 spiro atoms. The van der Waals surface area contributed by atoms with E-state index < -0.39 is 22.5 Å². The molecule has 1 aromatic carbocycles. The second kappa shape index (κ2) is 15.0. The first kappa shape index (κ1) is 32.7. The van der Waals surface area contributed by atoms with Crippen molar-refractivity contribution in [2.75, 3.05) is 60.3 Å². The monoisotopic (exact) mass is 616 g/mol. The zero-order valence-corrected chi connectivity index (χ0v) is 25.7. The molecule has 43 heavy (non-hydrogen) atoms. The summed E-state index contributed by atoms with van der Waals surface area (Å²) in [4.78, 5) is 21.4. The molecule has 11 nitrogen and oxygen atoms in total. The second-order valence-electron chi connectivity index (χ2n) is 10.6. The van der Waals surface area contributed by atoms with E-state index in [0.29, 0.717) is 12.2 Å². The fraction of sp³-hybridized carbons (Fsp3) is 0.516. The largest absolute Gasteiger partial charge is 0.481 e. The summed E-state index contributed by atoms with van der Waals surface area (Å²) in [6.07, 6.45) is 7.06. The van der Waals surface area contributed by atoms with Gasteiger partial charge in [-0.3, -0.25) is 9.69 Å². The molecular weight excluding hydrogens is 576 g/mol. The van der Waals surface area contributed by atoms with E-state index in [-0.39, 0.29) is 37.2 Å². The molecule has 3 atom stereocenters. The van der Waals surface area contributed by atoms with Crippen LogP contribution in [0.2, 0.25) is 0 Å². The predicted molar refractivity (Wildman–Crippen MR) is 163 cm³/mol. The Bertz CT molecular complexity index is 1260. The van der Waals surface area contributed by atoms with Crippen LogP contribution >= 0.6 is 11.6 Å². The minimum atomic E-state index is -1.09. The number of allylic oxidation sites excluding steroid dienone is 2. The lowest BCUT2D eigenvalue weighted by Crippen LogP contribution is -2.55. The Kier molecular flexibility index (Phi) is 11.4. The average Bonchev–Trinajstić information content (AvgIpc) is 3.02. The molecule has 2 unspecified atom stereocenters. The number of nitrogens with zero attached hydrogens (tertiary/aromatic N) is 3. The summed E-state index contributed by atoms with van der Waals surface area (Å²) in [5, 5.41) is 9.17. The molecule has 12 heteroatoms. The van der Waals surface area contributed by atoms with Crippen LogP contribution in [0.4, 0.5) is 0 Å². The molecule has 1 saturated heterocycles. The Morgan fingerprint density at radius 2 is 1.84 bits per heavy atom. The number of halogens is 1. The number of carboxylic acid groups (broad SMARTS) is 1. The van der Waals surface area contributed by atoms with E-state index in [4.69, 9.17) is 41.0 Å². The first-order valence-electron chi connectivity index (χ1n) is 14.4. The highest BCUT2D eigenvalue weighted by atomic mass is 35.5. The smallest absolute Gasteiger partial charge is 0.323 e. The van der Waals surface area contributed by atoms with E-state index in [0.717, 1.165) is 50.4 Å². The van der Waals surface area contributed by atoms with Crippen molar-refractivity contribution in [3.05, 3.63) is 59.7 Å². The molecule has 1 aliphatic carbocycles. The molecular formula is C31H41ClN4O7. The normalized spacial score (nSPS) is 23.0. The highest BCUT2D eigenvalue weighted by molar-refractivity contribution is 6.31. The molecule has 1 fully saturated rings. The van der Waals surface area contributed by atoms with E-state index >= 15 is 0 Å². The van der Waals surface area contributed by atoms with Gasteiger partial charge in [-0.1, -0.05) is 42.5 Å². The molecule has 0 bridgehead atoms. The van der Waals surface area contributed by atoms with Crippen LogP contribution < -0.4 is 19.9 Å². The molecule has 0 radical (unpaired) electrons. The number of alkyl halides is 1. The number of ether oxygens (including phenoxy) is 5. The number of morpholine rings is 1. The number of methoxy groups -OCH3 is 2. The van der Waals surface area contributed by atoms with Gasteiger partial charge in [-0.2, -0.15) is 9.97 Å². The molecule has 0 amide bonds. The van der Waals surface area contributed by atoms with Crippen molar-refractivity contribution in [3.63, 3.8) is 0 Å². The maximum atomic E-state index is 11.2. The molecule has 1 aromatic heterocycles. The maximum absolute atomic E-state index is 11.2. The van der Waals surface area contributed by atoms with Crippen molar-refractivity contribution in [3.8, 4) is 17.8 Å². The number of aliphatic carboxylic acids is 1. The van der Waals surface area contributed by atoms with Crippen molar-refractivity contribution in [2.24, 2.45) is 5.73 Å². The van der Waals surface area contributed by atoms with Crippen molar-refractivity contribution in [2.45, 2.75) is 42.7 Å². The lowest BCUT2D eigenvalue weighted by molar-refractivity contribution is -0.138. The summed E-state index contributed by atoms with van der Waals surface area (Å²) in [5.41, 5.74) is 7.00. The molecule has 1 aliphatic heterocycles. The van der Waals surface area contributed by atoms with Crippen LogP contribution in [-0.2, 0) is 20.7 Å². The predicted octanol–water partition coefficient (Wildman–Crippen LogP) is 3.35. The summed E-state index contributed by atoms with van der Waals surface area (Å²) in [6.45, 7) is 6.55. The number of benzene rings is 1. The standard InChI is InChI=1S/C31H41ClN4O7/c1-30(32)24(22-9-5-4-6-10-22)11-7-14-31(30,43-18-8-15-36-16-19-41-20-17-36)21-42-29-34-26(39-2)23(27(35-29)40-3)12-13-25(33)28(37)38/h4-7,9-11,14,25H,8,12-13,15-21,33H2,1-3H3,(H,37,38)/t25-,30?,31?/m0/s1. The summed E-state index contributed by atoms with van der Waals surface area (Å²) < 4.78 is 29.3. The molecule has 234 valence electrons. The maximum Gasteiger partial charge on any atom is 0.323 e. The number of carbonyl (C=O) groups is 1. The number of carboxylic acids is 1. The van der Waals surface area contributed by atoms with E-state index in [2.05, 4.69) is 14.9 Å². The number of rotatable bonds is 15. The first-order chi connectivity index (χ1) is 20.7. The summed E-state index contributed by atoms with van der Waals surface area (Å²) in [5.74, 6) is -0.683. The number of hydrogen-bond acceptors (Lipinski definition) is 10. The van der Waals surface area contributed by atoms with Gasteiger partial charge >= 0.3 is 12.0 Å². The fourth-order valence-electron chi connectivity index (χ4n) is 5.24. The van der Waals surface area contributed by atoms with Gasteiger partial charge in [-0.05, 0) is 43.4 Å². The van der Waals surface area contributed by atoms with Crippen molar-refractivity contribution in [1.29, 1.82) is 0 Å². The average molecular weight is 617 g/mol. The SMILES string of the molecule is COc1nc(OCC2(OCCCN3CCOCC3)C=CC=C(c3ccccc3)C2(C)Cl)nc(OC)c1CC[C@H](N)C(=O)O. The van der Waals surface area contributed by atoms with Crippen molar-refractivity contribution in [1.82, 2.24) is 14.9 Å². The van der Waals surface area contributed by atoms with Gasteiger partial charge in [0.1, 0.15) is 23.1 Å². The fourth-order valence-corrected chi connectivity index (χ4v) is 5.58. The van der Waals surface area contributed by atoms with Gasteiger partial charge < -0.3 is 34.5 Å². The molecule has 4 rings (SSSR count). The van der Waals surface area contributed by atoms with Gasteiger partial charge in [0.2, 0.25) is 11.8 Å². The minimum Gasteiger partial charge on any atom is -0.481 e. The highest BCUT2D eigenvalue weighted by Crippen LogP contribution is 2.47. The van der Waals surface area contributed by atoms with Gasteiger partial charge in [0.15, 0.2) is 0 Å². The number of hydrogen-bond donors (Lipinski definition) is 2. The summed E-state index contributed by atoms with van der Waals surface area (Å²) >= 11 is 7.43. The zero-order chi connectivity index (χ0) is 30.9. The third-order valence-corrected chi connectivity index (χ3v) is 8.35. The van der Waals surface area contributed by atoms with Crippen LogP contribution in [0.3, 0.4) is 0 Å². The lowest BCUT2D eigenvalue weighted by atomic mass is 9.76. The van der Waals surface area contributed by atoms with Crippen LogP contribution in [0.1, 0.15) is 30.9 Å². The van der Waals surface area contributed by atoms with Gasteiger partial charge in [0, 0.05) is 26.2 Å². The molecule has 3 N–H and O–H groups in total. The quantitative estimate of drug-likeness (QED) is 0.225. The van der Waals surface area contributed by atoms with Crippen molar-refractivity contribution >= 4 is 23.1 Å². The molecule has 2 aromatic rings. The van der Waals surface area contributed by atoms with E-state index in [9.17, 15) is 9.90 Å². The number of nitrogens with two attached hydrogens (primary N) is 1. The topological polar surface area (TPSA) is 138 Å². The van der Waals surface area contributed by atoms with Crippen LogP contribution in [0.5, 0.6) is 17.8 Å². The van der Waals surface area contributed by atoms with Crippen LogP contribution in [0, 0.1) is 0 Å².